The van der Waals surface area contributed by atoms with Crippen LogP contribution in [0.5, 0.6) is 0 Å². The third-order valence-corrected chi connectivity index (χ3v) is 3.49. The summed E-state index contributed by atoms with van der Waals surface area (Å²) in [6, 6.07) is 9.76. The van der Waals surface area contributed by atoms with Gasteiger partial charge in [0.1, 0.15) is 5.82 Å². The molecule has 23 heavy (non-hydrogen) atoms. The molecule has 0 fully saturated rings. The number of benzene rings is 1. The number of hydrogen-bond donors (Lipinski definition) is 2. The zero-order valence-corrected chi connectivity index (χ0v) is 13.3. The monoisotopic (exact) mass is 316 g/mol. The standard InChI is InChI=1S/C17H21FN4O/c1-22(2)16(14-6-3-7-15(18)9-14)12-21-17(23)20-11-13-5-4-8-19-10-13/h3-10,16H,11-12H2,1-2H3,(H2,20,21,23). The molecular weight excluding hydrogens is 295 g/mol. The van der Waals surface area contributed by atoms with E-state index in [0.29, 0.717) is 13.1 Å². The molecule has 0 aliphatic rings. The highest BCUT2D eigenvalue weighted by Crippen LogP contribution is 2.18. The highest BCUT2D eigenvalue weighted by Gasteiger charge is 2.15. The number of urea groups is 1. The molecule has 5 nitrogen and oxygen atoms in total. The van der Waals surface area contributed by atoms with Crippen LogP contribution >= 0.6 is 0 Å². The Bertz CT molecular complexity index is 634. The zero-order chi connectivity index (χ0) is 16.7. The number of nitrogens with one attached hydrogen (secondary N) is 2. The van der Waals surface area contributed by atoms with Gasteiger partial charge in [0.25, 0.3) is 0 Å². The van der Waals surface area contributed by atoms with Gasteiger partial charge in [-0.1, -0.05) is 18.2 Å². The van der Waals surface area contributed by atoms with Crippen LogP contribution < -0.4 is 10.6 Å². The lowest BCUT2D eigenvalue weighted by atomic mass is 10.1. The number of carbonyl (C=O) groups is 1. The van der Waals surface area contributed by atoms with Crippen LogP contribution in [0.1, 0.15) is 17.2 Å². The van der Waals surface area contributed by atoms with E-state index in [-0.39, 0.29) is 17.9 Å². The first-order valence-corrected chi connectivity index (χ1v) is 7.39. The normalized spacial score (nSPS) is 12.0. The van der Waals surface area contributed by atoms with E-state index in [1.807, 2.05) is 37.2 Å². The molecule has 2 aromatic rings. The molecule has 0 aliphatic heterocycles. The van der Waals surface area contributed by atoms with Gasteiger partial charge in [-0.05, 0) is 43.4 Å². The van der Waals surface area contributed by atoms with Crippen LogP contribution in [-0.2, 0) is 6.54 Å². The Morgan fingerprint density at radius 1 is 1.26 bits per heavy atom. The summed E-state index contributed by atoms with van der Waals surface area (Å²) in [6.07, 6.45) is 3.39. The number of pyridine rings is 1. The van der Waals surface area contributed by atoms with Crippen LogP contribution in [0.15, 0.2) is 48.8 Å². The molecule has 2 amide bonds. The van der Waals surface area contributed by atoms with Gasteiger partial charge in [-0.25, -0.2) is 9.18 Å². The van der Waals surface area contributed by atoms with E-state index in [1.165, 1.54) is 12.1 Å². The maximum absolute atomic E-state index is 13.4. The molecule has 1 heterocycles. The largest absolute Gasteiger partial charge is 0.336 e. The Morgan fingerprint density at radius 2 is 2.09 bits per heavy atom. The summed E-state index contributed by atoms with van der Waals surface area (Å²) < 4.78 is 13.4. The number of carbonyl (C=O) groups excluding carboxylic acids is 1. The van der Waals surface area contributed by atoms with Crippen molar-refractivity contribution in [2.45, 2.75) is 12.6 Å². The van der Waals surface area contributed by atoms with Crippen molar-refractivity contribution in [1.82, 2.24) is 20.5 Å². The second-order valence-electron chi connectivity index (χ2n) is 5.46. The molecule has 1 aromatic carbocycles. The third-order valence-electron chi connectivity index (χ3n) is 3.49. The van der Waals surface area contributed by atoms with Crippen molar-refractivity contribution >= 4 is 6.03 Å². The van der Waals surface area contributed by atoms with E-state index >= 15 is 0 Å². The molecule has 0 saturated carbocycles. The van der Waals surface area contributed by atoms with Crippen LogP contribution in [0.4, 0.5) is 9.18 Å². The van der Waals surface area contributed by atoms with Crippen molar-refractivity contribution < 1.29 is 9.18 Å². The molecule has 1 atom stereocenters. The molecule has 0 spiro atoms. The summed E-state index contributed by atoms with van der Waals surface area (Å²) >= 11 is 0. The third kappa shape index (κ3) is 5.34. The number of rotatable bonds is 6. The lowest BCUT2D eigenvalue weighted by molar-refractivity contribution is 0.232. The van der Waals surface area contributed by atoms with Crippen molar-refractivity contribution in [1.29, 1.82) is 0 Å². The van der Waals surface area contributed by atoms with Crippen molar-refractivity contribution in [2.24, 2.45) is 0 Å². The summed E-state index contributed by atoms with van der Waals surface area (Å²) in [5, 5.41) is 5.59. The maximum Gasteiger partial charge on any atom is 0.315 e. The van der Waals surface area contributed by atoms with Gasteiger partial charge < -0.3 is 15.5 Å². The van der Waals surface area contributed by atoms with Gasteiger partial charge in [-0.15, -0.1) is 0 Å². The summed E-state index contributed by atoms with van der Waals surface area (Å²) in [6.45, 7) is 0.793. The van der Waals surface area contributed by atoms with Crippen LogP contribution in [0.25, 0.3) is 0 Å². The maximum atomic E-state index is 13.4. The number of likely N-dealkylation sites (N-methyl/N-ethyl adjacent to an activating group) is 1. The molecule has 1 aromatic heterocycles. The fourth-order valence-electron chi connectivity index (χ4n) is 2.25. The fourth-order valence-corrected chi connectivity index (χ4v) is 2.25. The van der Waals surface area contributed by atoms with Crippen molar-refractivity contribution in [2.75, 3.05) is 20.6 Å². The minimum Gasteiger partial charge on any atom is -0.336 e. The second-order valence-corrected chi connectivity index (χ2v) is 5.46. The highest BCUT2D eigenvalue weighted by atomic mass is 19.1. The van der Waals surface area contributed by atoms with E-state index in [2.05, 4.69) is 15.6 Å². The van der Waals surface area contributed by atoms with Gasteiger partial charge in [0.2, 0.25) is 0 Å². The molecule has 0 saturated heterocycles. The lowest BCUT2D eigenvalue weighted by Gasteiger charge is -2.25. The average molecular weight is 316 g/mol. The van der Waals surface area contributed by atoms with E-state index in [1.54, 1.807) is 18.5 Å². The van der Waals surface area contributed by atoms with E-state index < -0.39 is 0 Å². The summed E-state index contributed by atoms with van der Waals surface area (Å²) in [4.78, 5) is 17.8. The van der Waals surface area contributed by atoms with Crippen LogP contribution in [0.2, 0.25) is 0 Å². The number of aromatic nitrogens is 1. The molecule has 2 N–H and O–H groups in total. The van der Waals surface area contributed by atoms with Gasteiger partial charge in [0.05, 0.1) is 6.04 Å². The first-order valence-electron chi connectivity index (χ1n) is 7.39. The van der Waals surface area contributed by atoms with Crippen LogP contribution in [-0.4, -0.2) is 36.6 Å². The lowest BCUT2D eigenvalue weighted by Crippen LogP contribution is -2.40. The Kier molecular flexibility index (Phi) is 6.05. The second kappa shape index (κ2) is 8.24. The smallest absolute Gasteiger partial charge is 0.315 e. The first-order chi connectivity index (χ1) is 11.1. The van der Waals surface area contributed by atoms with Crippen LogP contribution in [0, 0.1) is 5.82 Å². The zero-order valence-electron chi connectivity index (χ0n) is 13.3. The SMILES string of the molecule is CN(C)C(CNC(=O)NCc1cccnc1)c1cccc(F)c1. The number of nitrogens with zero attached hydrogens (tertiary/aromatic N) is 2. The van der Waals surface area contributed by atoms with E-state index in [9.17, 15) is 9.18 Å². The predicted molar refractivity (Wildman–Crippen MR) is 87.3 cm³/mol. The molecule has 0 radical (unpaired) electrons. The van der Waals surface area contributed by atoms with Crippen molar-refractivity contribution in [3.05, 3.63) is 65.7 Å². The quantitative estimate of drug-likeness (QED) is 0.860. The van der Waals surface area contributed by atoms with E-state index in [0.717, 1.165) is 11.1 Å². The molecule has 6 heteroatoms. The summed E-state index contributed by atoms with van der Waals surface area (Å²) in [7, 11) is 3.79. The number of amides is 2. The van der Waals surface area contributed by atoms with Gasteiger partial charge in [0.15, 0.2) is 0 Å². The summed E-state index contributed by atoms with van der Waals surface area (Å²) in [5.41, 5.74) is 1.75. The molecule has 122 valence electrons. The predicted octanol–water partition coefficient (Wildman–Crippen LogP) is 2.32. The van der Waals surface area contributed by atoms with Gasteiger partial charge in [-0.3, -0.25) is 4.98 Å². The Balaban J connectivity index is 1.87. The number of hydrogen-bond acceptors (Lipinski definition) is 3. The molecule has 2 rings (SSSR count). The Morgan fingerprint density at radius 3 is 2.74 bits per heavy atom. The minimum atomic E-state index is -0.282. The van der Waals surface area contributed by atoms with E-state index in [4.69, 9.17) is 0 Å². The Hall–Kier alpha value is -2.47. The fraction of sp³-hybridized carbons (Fsp3) is 0.294. The molecular formula is C17H21FN4O. The summed E-state index contributed by atoms with van der Waals surface area (Å²) in [5.74, 6) is -0.282. The molecule has 0 bridgehead atoms. The minimum absolute atomic E-state index is 0.102. The van der Waals surface area contributed by atoms with Crippen molar-refractivity contribution in [3.8, 4) is 0 Å². The van der Waals surface area contributed by atoms with Crippen molar-refractivity contribution in [3.63, 3.8) is 0 Å². The van der Waals surface area contributed by atoms with Gasteiger partial charge >= 0.3 is 6.03 Å². The van der Waals surface area contributed by atoms with Gasteiger partial charge in [0, 0.05) is 25.5 Å². The first kappa shape index (κ1) is 16.9. The van der Waals surface area contributed by atoms with Gasteiger partial charge in [-0.2, -0.15) is 0 Å². The Labute approximate surface area is 135 Å². The van der Waals surface area contributed by atoms with Crippen LogP contribution in [0.3, 0.4) is 0 Å². The molecule has 1 unspecified atom stereocenters. The average Bonchev–Trinajstić information content (AvgIpc) is 2.54. The highest BCUT2D eigenvalue weighted by molar-refractivity contribution is 5.73. The molecule has 0 aliphatic carbocycles. The topological polar surface area (TPSA) is 57.3 Å². The number of halogens is 1.